The molecule has 4 aliphatic rings. The van der Waals surface area contributed by atoms with Crippen LogP contribution in [-0.4, -0.2) is 19.0 Å². The van der Waals surface area contributed by atoms with E-state index in [-0.39, 0.29) is 11.8 Å². The third kappa shape index (κ3) is 3.28. The summed E-state index contributed by atoms with van der Waals surface area (Å²) in [6, 6.07) is 0. The Kier molecular flexibility index (Phi) is 4.31. The lowest BCUT2D eigenvalue weighted by Crippen LogP contribution is -2.52. The van der Waals surface area contributed by atoms with Crippen LogP contribution in [0.4, 0.5) is 0 Å². The zero-order valence-corrected chi connectivity index (χ0v) is 13.7. The SMILES string of the molecule is CC(C)CC(CN)C(=O)NCC12CC3CC(CC(C3)C1)C2. The minimum atomic E-state index is -0.00101. The Morgan fingerprint density at radius 3 is 2.10 bits per heavy atom. The molecule has 0 aromatic heterocycles. The fraction of sp³-hybridized carbons (Fsp3) is 0.944. The fourth-order valence-electron chi connectivity index (χ4n) is 5.80. The van der Waals surface area contributed by atoms with Crippen molar-refractivity contribution in [3.8, 4) is 0 Å². The highest BCUT2D eigenvalue weighted by Gasteiger charge is 2.50. The van der Waals surface area contributed by atoms with Crippen molar-refractivity contribution in [3.05, 3.63) is 0 Å². The van der Waals surface area contributed by atoms with Crippen molar-refractivity contribution in [2.45, 2.75) is 58.8 Å². The second kappa shape index (κ2) is 5.91. The van der Waals surface area contributed by atoms with E-state index in [1.807, 2.05) is 0 Å². The van der Waals surface area contributed by atoms with Crippen LogP contribution >= 0.6 is 0 Å². The molecule has 1 amide bonds. The average molecular weight is 292 g/mol. The van der Waals surface area contributed by atoms with Crippen molar-refractivity contribution in [3.63, 3.8) is 0 Å². The van der Waals surface area contributed by atoms with E-state index in [0.717, 1.165) is 30.7 Å². The van der Waals surface area contributed by atoms with E-state index in [9.17, 15) is 4.79 Å². The molecule has 21 heavy (non-hydrogen) atoms. The monoisotopic (exact) mass is 292 g/mol. The molecule has 120 valence electrons. The van der Waals surface area contributed by atoms with Crippen molar-refractivity contribution in [2.24, 2.45) is 40.7 Å². The summed E-state index contributed by atoms with van der Waals surface area (Å²) in [5.41, 5.74) is 6.23. The minimum absolute atomic E-state index is 0.00101. The lowest BCUT2D eigenvalue weighted by Gasteiger charge is -2.57. The maximum Gasteiger partial charge on any atom is 0.224 e. The zero-order chi connectivity index (χ0) is 15.0. The van der Waals surface area contributed by atoms with Gasteiger partial charge in [-0.15, -0.1) is 0 Å². The summed E-state index contributed by atoms with van der Waals surface area (Å²) in [4.78, 5) is 12.4. The largest absolute Gasteiger partial charge is 0.355 e. The van der Waals surface area contributed by atoms with E-state index in [1.54, 1.807) is 0 Å². The number of hydrogen-bond donors (Lipinski definition) is 2. The topological polar surface area (TPSA) is 55.1 Å². The lowest BCUT2D eigenvalue weighted by molar-refractivity contribution is -0.127. The van der Waals surface area contributed by atoms with Crippen molar-refractivity contribution in [1.82, 2.24) is 5.32 Å². The van der Waals surface area contributed by atoms with Crippen LogP contribution in [0.25, 0.3) is 0 Å². The van der Waals surface area contributed by atoms with E-state index < -0.39 is 0 Å². The van der Waals surface area contributed by atoms with Crippen LogP contribution in [0.1, 0.15) is 58.8 Å². The van der Waals surface area contributed by atoms with Crippen LogP contribution in [0.3, 0.4) is 0 Å². The number of carbonyl (C=O) groups is 1. The van der Waals surface area contributed by atoms with Crippen molar-refractivity contribution < 1.29 is 4.79 Å². The molecule has 0 aromatic rings. The molecule has 4 fully saturated rings. The van der Waals surface area contributed by atoms with Crippen LogP contribution in [0.5, 0.6) is 0 Å². The molecule has 0 saturated heterocycles. The molecular formula is C18H32N2O. The Hall–Kier alpha value is -0.570. The van der Waals surface area contributed by atoms with Crippen LogP contribution in [0.15, 0.2) is 0 Å². The maximum atomic E-state index is 12.4. The minimum Gasteiger partial charge on any atom is -0.355 e. The molecule has 4 saturated carbocycles. The molecular weight excluding hydrogens is 260 g/mol. The van der Waals surface area contributed by atoms with Gasteiger partial charge in [-0.3, -0.25) is 4.79 Å². The molecule has 4 bridgehead atoms. The maximum absolute atomic E-state index is 12.4. The number of nitrogens with one attached hydrogen (secondary N) is 1. The Morgan fingerprint density at radius 2 is 1.67 bits per heavy atom. The highest BCUT2D eigenvalue weighted by Crippen LogP contribution is 2.59. The van der Waals surface area contributed by atoms with Crippen molar-refractivity contribution >= 4 is 5.91 Å². The average Bonchev–Trinajstić information content (AvgIpc) is 2.40. The summed E-state index contributed by atoms with van der Waals surface area (Å²) < 4.78 is 0. The second-order valence-electron chi connectivity index (χ2n) is 8.70. The van der Waals surface area contributed by atoms with Gasteiger partial charge in [0.05, 0.1) is 5.92 Å². The zero-order valence-electron chi connectivity index (χ0n) is 13.7. The molecule has 1 atom stereocenters. The molecule has 3 N–H and O–H groups in total. The van der Waals surface area contributed by atoms with Gasteiger partial charge in [-0.05, 0) is 74.0 Å². The Labute approximate surface area is 129 Å². The standard InChI is InChI=1S/C18H32N2O/c1-12(2)3-16(10-19)17(21)20-11-18-7-13-4-14(8-18)6-15(5-13)9-18/h12-16H,3-11,19H2,1-2H3,(H,20,21). The number of nitrogens with two attached hydrogens (primary N) is 1. The first-order valence-electron chi connectivity index (χ1n) is 8.97. The molecule has 1 unspecified atom stereocenters. The molecule has 4 aliphatic carbocycles. The van der Waals surface area contributed by atoms with Gasteiger partial charge in [0.2, 0.25) is 5.91 Å². The molecule has 4 rings (SSSR count). The molecule has 0 aliphatic heterocycles. The van der Waals surface area contributed by atoms with Gasteiger partial charge < -0.3 is 11.1 Å². The van der Waals surface area contributed by atoms with Crippen LogP contribution in [0.2, 0.25) is 0 Å². The van der Waals surface area contributed by atoms with Crippen LogP contribution in [-0.2, 0) is 4.79 Å². The van der Waals surface area contributed by atoms with E-state index >= 15 is 0 Å². The fourth-order valence-corrected chi connectivity index (χ4v) is 5.80. The summed E-state index contributed by atoms with van der Waals surface area (Å²) in [6.45, 7) is 5.71. The van der Waals surface area contributed by atoms with Gasteiger partial charge in [0.25, 0.3) is 0 Å². The number of amides is 1. The first-order valence-corrected chi connectivity index (χ1v) is 8.97. The third-order valence-electron chi connectivity index (χ3n) is 6.21. The first-order chi connectivity index (χ1) is 9.99. The summed E-state index contributed by atoms with van der Waals surface area (Å²) in [6.07, 6.45) is 9.37. The van der Waals surface area contributed by atoms with Gasteiger partial charge in [0.1, 0.15) is 0 Å². The molecule has 0 heterocycles. The van der Waals surface area contributed by atoms with Crippen molar-refractivity contribution in [2.75, 3.05) is 13.1 Å². The molecule has 3 nitrogen and oxygen atoms in total. The Bertz CT molecular complexity index is 355. The Morgan fingerprint density at radius 1 is 1.14 bits per heavy atom. The van der Waals surface area contributed by atoms with E-state index in [0.29, 0.717) is 17.9 Å². The molecule has 0 radical (unpaired) electrons. The van der Waals surface area contributed by atoms with E-state index in [1.165, 1.54) is 38.5 Å². The van der Waals surface area contributed by atoms with Gasteiger partial charge in [-0.2, -0.15) is 0 Å². The van der Waals surface area contributed by atoms with Gasteiger partial charge in [0, 0.05) is 13.1 Å². The van der Waals surface area contributed by atoms with Gasteiger partial charge in [-0.25, -0.2) is 0 Å². The van der Waals surface area contributed by atoms with E-state index in [2.05, 4.69) is 19.2 Å². The van der Waals surface area contributed by atoms with Gasteiger partial charge in [0.15, 0.2) is 0 Å². The first kappa shape index (κ1) is 15.3. The highest BCUT2D eigenvalue weighted by atomic mass is 16.1. The summed E-state index contributed by atoms with van der Waals surface area (Å²) >= 11 is 0. The Balaban J connectivity index is 1.56. The number of carbonyl (C=O) groups excluding carboxylic acids is 1. The summed E-state index contributed by atoms with van der Waals surface area (Å²) in [5, 5.41) is 3.28. The molecule has 0 aromatic carbocycles. The van der Waals surface area contributed by atoms with Crippen LogP contribution in [0, 0.1) is 35.0 Å². The number of hydrogen-bond acceptors (Lipinski definition) is 2. The molecule has 0 spiro atoms. The quantitative estimate of drug-likeness (QED) is 0.791. The highest BCUT2D eigenvalue weighted by molar-refractivity contribution is 5.78. The van der Waals surface area contributed by atoms with E-state index in [4.69, 9.17) is 5.73 Å². The summed E-state index contributed by atoms with van der Waals surface area (Å²) in [7, 11) is 0. The third-order valence-corrected chi connectivity index (χ3v) is 6.21. The second-order valence-corrected chi connectivity index (χ2v) is 8.70. The normalized spacial score (nSPS) is 38.8. The number of rotatable bonds is 6. The van der Waals surface area contributed by atoms with Crippen LogP contribution < -0.4 is 11.1 Å². The van der Waals surface area contributed by atoms with Gasteiger partial charge >= 0.3 is 0 Å². The lowest BCUT2D eigenvalue weighted by atomic mass is 9.49. The smallest absolute Gasteiger partial charge is 0.224 e. The predicted molar refractivity (Wildman–Crippen MR) is 85.6 cm³/mol. The van der Waals surface area contributed by atoms with Crippen molar-refractivity contribution in [1.29, 1.82) is 0 Å². The summed E-state index contributed by atoms with van der Waals surface area (Å²) in [5.74, 6) is 3.59. The van der Waals surface area contributed by atoms with Gasteiger partial charge in [-0.1, -0.05) is 13.8 Å². The molecule has 3 heteroatoms. The predicted octanol–water partition coefficient (Wildman–Crippen LogP) is 2.94.